The van der Waals surface area contributed by atoms with Crippen molar-refractivity contribution in [1.82, 2.24) is 4.90 Å². The molecule has 6 nitrogen and oxygen atoms in total. The van der Waals surface area contributed by atoms with E-state index < -0.39 is 17.4 Å². The standard InChI is InChI=1S/C24H27BrN2O4/c1-17(24(31)20-15-19(25)11-12-21(20)26(2)23(24)30)7-6-10-22(29)27(13-14-28)16-18-8-4-3-5-9-18/h3-9,11-12,15,17,28,31H,10,13-14,16H2,1-2H3/b7-6+/t17-,24+/m0/s1. The van der Waals surface area contributed by atoms with E-state index in [9.17, 15) is 19.8 Å². The van der Waals surface area contributed by atoms with Gasteiger partial charge in [-0.25, -0.2) is 0 Å². The largest absolute Gasteiger partial charge is 0.395 e. The first kappa shape index (κ1) is 23.2. The fraction of sp³-hybridized carbons (Fsp3) is 0.333. The lowest BCUT2D eigenvalue weighted by atomic mass is 9.83. The molecule has 1 aliphatic rings. The number of amides is 2. The quantitative estimate of drug-likeness (QED) is 0.561. The molecule has 0 radical (unpaired) electrons. The fourth-order valence-electron chi connectivity index (χ4n) is 3.88. The van der Waals surface area contributed by atoms with Gasteiger partial charge in [-0.1, -0.05) is 65.3 Å². The number of hydrogen-bond donors (Lipinski definition) is 2. The van der Waals surface area contributed by atoms with E-state index in [0.717, 1.165) is 10.0 Å². The summed E-state index contributed by atoms with van der Waals surface area (Å²) in [6.07, 6.45) is 3.51. The molecule has 164 valence electrons. The van der Waals surface area contributed by atoms with Crippen LogP contribution in [-0.4, -0.2) is 47.1 Å². The molecule has 2 amide bonds. The Morgan fingerprint density at radius 3 is 2.65 bits per heavy atom. The van der Waals surface area contributed by atoms with Gasteiger partial charge >= 0.3 is 0 Å². The van der Waals surface area contributed by atoms with Gasteiger partial charge < -0.3 is 20.0 Å². The van der Waals surface area contributed by atoms with Gasteiger partial charge in [0.2, 0.25) is 5.91 Å². The third-order valence-corrected chi connectivity index (χ3v) is 6.17. The van der Waals surface area contributed by atoms with Crippen LogP contribution in [0.5, 0.6) is 0 Å². The number of fused-ring (bicyclic) bond motifs is 1. The van der Waals surface area contributed by atoms with Crippen molar-refractivity contribution in [3.8, 4) is 0 Å². The fourth-order valence-corrected chi connectivity index (χ4v) is 4.25. The monoisotopic (exact) mass is 486 g/mol. The zero-order valence-corrected chi connectivity index (χ0v) is 19.2. The molecule has 0 bridgehead atoms. The molecular formula is C24H27BrN2O4. The van der Waals surface area contributed by atoms with Gasteiger partial charge in [0.05, 0.1) is 12.3 Å². The molecule has 0 aliphatic carbocycles. The number of aliphatic hydroxyl groups is 2. The Kier molecular flexibility index (Phi) is 7.30. The van der Waals surface area contributed by atoms with Crippen molar-refractivity contribution in [1.29, 1.82) is 0 Å². The van der Waals surface area contributed by atoms with Gasteiger partial charge in [0.25, 0.3) is 5.91 Å². The van der Waals surface area contributed by atoms with Crippen molar-refractivity contribution in [2.24, 2.45) is 5.92 Å². The van der Waals surface area contributed by atoms with E-state index in [1.165, 1.54) is 4.90 Å². The molecule has 0 spiro atoms. The average molecular weight is 487 g/mol. The summed E-state index contributed by atoms with van der Waals surface area (Å²) in [5, 5.41) is 20.7. The van der Waals surface area contributed by atoms with E-state index in [1.54, 1.807) is 43.2 Å². The Bertz CT molecular complexity index is 979. The van der Waals surface area contributed by atoms with E-state index in [4.69, 9.17) is 0 Å². The molecule has 31 heavy (non-hydrogen) atoms. The molecule has 0 fully saturated rings. The SMILES string of the molecule is C[C@@H](/C=C/CC(=O)N(CCO)Cc1ccccc1)[C@]1(O)C(=O)N(C)c2ccc(Br)cc21. The van der Waals surface area contributed by atoms with Crippen molar-refractivity contribution in [2.45, 2.75) is 25.5 Å². The van der Waals surface area contributed by atoms with Gasteiger partial charge in [0.15, 0.2) is 5.60 Å². The van der Waals surface area contributed by atoms with Crippen molar-refractivity contribution in [3.63, 3.8) is 0 Å². The van der Waals surface area contributed by atoms with Crippen molar-refractivity contribution in [2.75, 3.05) is 25.1 Å². The number of nitrogens with zero attached hydrogens (tertiary/aromatic N) is 2. The number of aliphatic hydroxyl groups excluding tert-OH is 1. The molecule has 2 aromatic rings. The van der Waals surface area contributed by atoms with E-state index in [2.05, 4.69) is 15.9 Å². The number of benzene rings is 2. The van der Waals surface area contributed by atoms with Crippen LogP contribution in [0.25, 0.3) is 0 Å². The van der Waals surface area contributed by atoms with Gasteiger partial charge in [-0.15, -0.1) is 0 Å². The summed E-state index contributed by atoms with van der Waals surface area (Å²) >= 11 is 3.41. The van der Waals surface area contributed by atoms with Crippen LogP contribution >= 0.6 is 15.9 Å². The molecule has 0 unspecified atom stereocenters. The zero-order valence-electron chi connectivity index (χ0n) is 17.7. The van der Waals surface area contributed by atoms with Crippen LogP contribution in [0.1, 0.15) is 24.5 Å². The smallest absolute Gasteiger partial charge is 0.264 e. The molecule has 0 saturated heterocycles. The summed E-state index contributed by atoms with van der Waals surface area (Å²) < 4.78 is 0.777. The van der Waals surface area contributed by atoms with Gasteiger partial charge in [-0.2, -0.15) is 0 Å². The molecule has 7 heteroatoms. The van der Waals surface area contributed by atoms with E-state index in [0.29, 0.717) is 17.8 Å². The van der Waals surface area contributed by atoms with Crippen LogP contribution < -0.4 is 4.90 Å². The lowest BCUT2D eigenvalue weighted by molar-refractivity contribution is -0.139. The van der Waals surface area contributed by atoms with Gasteiger partial charge in [0.1, 0.15) is 0 Å². The predicted molar refractivity (Wildman–Crippen MR) is 123 cm³/mol. The average Bonchev–Trinajstić information content (AvgIpc) is 2.95. The van der Waals surface area contributed by atoms with Crippen LogP contribution in [0.3, 0.4) is 0 Å². The summed E-state index contributed by atoms with van der Waals surface area (Å²) in [6, 6.07) is 15.0. The number of carbonyl (C=O) groups is 2. The number of carbonyl (C=O) groups excluding carboxylic acids is 2. The number of likely N-dealkylation sites (N-methyl/N-ethyl adjacent to an activating group) is 1. The van der Waals surface area contributed by atoms with Crippen molar-refractivity contribution >= 4 is 33.4 Å². The molecular weight excluding hydrogens is 460 g/mol. The maximum Gasteiger partial charge on any atom is 0.264 e. The summed E-state index contributed by atoms with van der Waals surface area (Å²) in [5.74, 6) is -1.06. The normalized spacial score (nSPS) is 19.0. The highest BCUT2D eigenvalue weighted by Gasteiger charge is 2.51. The lowest BCUT2D eigenvalue weighted by Gasteiger charge is -2.27. The Balaban J connectivity index is 1.72. The van der Waals surface area contributed by atoms with Crippen molar-refractivity contribution < 1.29 is 19.8 Å². The number of halogens is 1. The maximum atomic E-state index is 12.9. The first-order chi connectivity index (χ1) is 14.8. The highest BCUT2D eigenvalue weighted by Crippen LogP contribution is 2.45. The Hall–Kier alpha value is -2.48. The Morgan fingerprint density at radius 2 is 1.97 bits per heavy atom. The van der Waals surface area contributed by atoms with Crippen LogP contribution in [0.15, 0.2) is 65.2 Å². The van der Waals surface area contributed by atoms with Crippen LogP contribution in [0, 0.1) is 5.92 Å². The molecule has 2 N–H and O–H groups in total. The summed E-state index contributed by atoms with van der Waals surface area (Å²) in [5.41, 5.74) is 0.507. The van der Waals surface area contributed by atoms with E-state index in [1.807, 2.05) is 36.4 Å². The van der Waals surface area contributed by atoms with Gasteiger partial charge in [0, 0.05) is 42.5 Å². The molecule has 2 atom stereocenters. The first-order valence-electron chi connectivity index (χ1n) is 10.2. The molecule has 2 aromatic carbocycles. The third kappa shape index (κ3) is 4.74. The second-order valence-corrected chi connectivity index (χ2v) is 8.65. The highest BCUT2D eigenvalue weighted by atomic mass is 79.9. The highest BCUT2D eigenvalue weighted by molar-refractivity contribution is 9.10. The number of rotatable bonds is 8. The molecule has 1 heterocycles. The number of hydrogen-bond acceptors (Lipinski definition) is 4. The molecule has 1 aliphatic heterocycles. The Labute approximate surface area is 190 Å². The minimum absolute atomic E-state index is 0.114. The topological polar surface area (TPSA) is 81.1 Å². The van der Waals surface area contributed by atoms with E-state index in [-0.39, 0.29) is 25.5 Å². The van der Waals surface area contributed by atoms with Crippen LogP contribution in [-0.2, 0) is 21.7 Å². The summed E-state index contributed by atoms with van der Waals surface area (Å²) in [4.78, 5) is 28.6. The molecule has 0 aromatic heterocycles. The maximum absolute atomic E-state index is 12.9. The predicted octanol–water partition coefficient (Wildman–Crippen LogP) is 3.22. The lowest BCUT2D eigenvalue weighted by Crippen LogP contribution is -2.43. The number of anilines is 1. The summed E-state index contributed by atoms with van der Waals surface area (Å²) in [6.45, 7) is 2.30. The zero-order chi connectivity index (χ0) is 22.6. The molecule has 0 saturated carbocycles. The molecule has 3 rings (SSSR count). The van der Waals surface area contributed by atoms with Crippen LogP contribution in [0.2, 0.25) is 0 Å². The first-order valence-corrected chi connectivity index (χ1v) is 11.0. The van der Waals surface area contributed by atoms with Gasteiger partial charge in [-0.3, -0.25) is 9.59 Å². The second kappa shape index (κ2) is 9.77. The van der Waals surface area contributed by atoms with E-state index >= 15 is 0 Å². The minimum atomic E-state index is -1.69. The summed E-state index contributed by atoms with van der Waals surface area (Å²) in [7, 11) is 1.64. The van der Waals surface area contributed by atoms with Crippen molar-refractivity contribution in [3.05, 3.63) is 76.3 Å². The second-order valence-electron chi connectivity index (χ2n) is 7.74. The minimum Gasteiger partial charge on any atom is -0.395 e. The van der Waals surface area contributed by atoms with Crippen LogP contribution in [0.4, 0.5) is 5.69 Å². The Morgan fingerprint density at radius 1 is 1.26 bits per heavy atom. The third-order valence-electron chi connectivity index (χ3n) is 5.68. The van der Waals surface area contributed by atoms with Gasteiger partial charge in [-0.05, 0) is 23.8 Å².